The number of ether oxygens (including phenoxy) is 1. The summed E-state index contributed by atoms with van der Waals surface area (Å²) in [4.78, 5) is 11.6. The van der Waals surface area contributed by atoms with Crippen molar-refractivity contribution in [3.8, 4) is 0 Å². The van der Waals surface area contributed by atoms with E-state index in [2.05, 4.69) is 5.32 Å². The number of hydrogen-bond acceptors (Lipinski definition) is 3. The highest BCUT2D eigenvalue weighted by Crippen LogP contribution is 2.30. The van der Waals surface area contributed by atoms with E-state index in [1.54, 1.807) is 0 Å². The highest BCUT2D eigenvalue weighted by atomic mass is 16.5. The number of nitrogens with two attached hydrogens (primary N) is 1. The van der Waals surface area contributed by atoms with Gasteiger partial charge in [-0.2, -0.15) is 0 Å². The van der Waals surface area contributed by atoms with E-state index in [0.717, 1.165) is 19.3 Å². The van der Waals surface area contributed by atoms with Crippen LogP contribution >= 0.6 is 0 Å². The van der Waals surface area contributed by atoms with Crippen molar-refractivity contribution >= 4 is 5.91 Å². The summed E-state index contributed by atoms with van der Waals surface area (Å²) in [5.41, 5.74) is 5.57. The summed E-state index contributed by atoms with van der Waals surface area (Å²) < 4.78 is 5.18. The maximum atomic E-state index is 11.6. The van der Waals surface area contributed by atoms with Gasteiger partial charge in [0, 0.05) is 26.2 Å². The number of carbonyl (C=O) groups is 1. The minimum Gasteiger partial charge on any atom is -0.382 e. The van der Waals surface area contributed by atoms with Crippen LogP contribution in [0.15, 0.2) is 0 Å². The molecule has 4 heteroatoms. The zero-order valence-electron chi connectivity index (χ0n) is 9.55. The van der Waals surface area contributed by atoms with Crippen molar-refractivity contribution in [3.05, 3.63) is 0 Å². The first-order chi connectivity index (χ1) is 7.22. The number of hydrogen-bond donors (Lipinski definition) is 2. The quantitative estimate of drug-likeness (QED) is 0.616. The zero-order chi connectivity index (χ0) is 11.1. The molecule has 1 fully saturated rings. The Kier molecular flexibility index (Phi) is 5.05. The molecule has 0 aliphatic heterocycles. The number of amides is 1. The molecule has 15 heavy (non-hydrogen) atoms. The highest BCUT2D eigenvalue weighted by Gasteiger charge is 2.36. The van der Waals surface area contributed by atoms with E-state index in [1.165, 1.54) is 6.42 Å². The van der Waals surface area contributed by atoms with Crippen LogP contribution in [0, 0.1) is 0 Å². The van der Waals surface area contributed by atoms with Crippen molar-refractivity contribution in [3.63, 3.8) is 0 Å². The predicted octanol–water partition coefficient (Wildman–Crippen LogP) is 0.801. The minimum absolute atomic E-state index is 0.0807. The van der Waals surface area contributed by atoms with Gasteiger partial charge in [-0.3, -0.25) is 4.79 Å². The van der Waals surface area contributed by atoms with Crippen LogP contribution in [0.1, 0.15) is 39.0 Å². The third-order valence-electron chi connectivity index (χ3n) is 3.00. The molecule has 0 aromatic carbocycles. The lowest BCUT2D eigenvalue weighted by Gasteiger charge is -2.41. The molecule has 0 bridgehead atoms. The van der Waals surface area contributed by atoms with E-state index in [9.17, 15) is 4.79 Å². The Balaban J connectivity index is 2.12. The van der Waals surface area contributed by atoms with E-state index < -0.39 is 0 Å². The van der Waals surface area contributed by atoms with Crippen LogP contribution in [0.5, 0.6) is 0 Å². The molecule has 1 rings (SSSR count). The summed E-state index contributed by atoms with van der Waals surface area (Å²) in [5.74, 6) is 0.111. The lowest BCUT2D eigenvalue weighted by molar-refractivity contribution is -0.124. The summed E-state index contributed by atoms with van der Waals surface area (Å²) in [7, 11) is 0. The first-order valence-corrected chi connectivity index (χ1v) is 5.81. The van der Waals surface area contributed by atoms with Crippen LogP contribution in [-0.2, 0) is 9.53 Å². The van der Waals surface area contributed by atoms with E-state index in [1.807, 2.05) is 6.92 Å². The maximum Gasteiger partial charge on any atom is 0.220 e. The van der Waals surface area contributed by atoms with Gasteiger partial charge in [-0.1, -0.05) is 0 Å². The number of nitrogens with one attached hydrogen (secondary N) is 1. The Morgan fingerprint density at radius 2 is 2.27 bits per heavy atom. The standard InChI is InChI=1S/C11H22N2O2/c1-2-15-8-3-5-10(14)13-11(9-12)6-4-7-11/h2-9,12H2,1H3,(H,13,14). The summed E-state index contributed by atoms with van der Waals surface area (Å²) in [6.45, 7) is 3.90. The fourth-order valence-corrected chi connectivity index (χ4v) is 1.82. The minimum atomic E-state index is -0.0807. The van der Waals surface area contributed by atoms with E-state index in [0.29, 0.717) is 26.2 Å². The van der Waals surface area contributed by atoms with Gasteiger partial charge in [0.1, 0.15) is 0 Å². The number of carbonyl (C=O) groups excluding carboxylic acids is 1. The van der Waals surface area contributed by atoms with Gasteiger partial charge >= 0.3 is 0 Å². The molecule has 1 aliphatic carbocycles. The van der Waals surface area contributed by atoms with Crippen molar-refractivity contribution in [1.29, 1.82) is 0 Å². The van der Waals surface area contributed by atoms with Crippen LogP contribution in [-0.4, -0.2) is 31.2 Å². The third kappa shape index (κ3) is 3.80. The van der Waals surface area contributed by atoms with E-state index >= 15 is 0 Å². The highest BCUT2D eigenvalue weighted by molar-refractivity contribution is 5.76. The summed E-state index contributed by atoms with van der Waals surface area (Å²) in [6.07, 6.45) is 4.57. The second-order valence-corrected chi connectivity index (χ2v) is 4.19. The maximum absolute atomic E-state index is 11.6. The summed E-state index contributed by atoms with van der Waals surface area (Å²) in [6, 6.07) is 0. The molecule has 1 saturated carbocycles. The van der Waals surface area contributed by atoms with Gasteiger partial charge in [-0.15, -0.1) is 0 Å². The monoisotopic (exact) mass is 214 g/mol. The second kappa shape index (κ2) is 6.08. The van der Waals surface area contributed by atoms with Crippen LogP contribution < -0.4 is 11.1 Å². The molecule has 0 atom stereocenters. The second-order valence-electron chi connectivity index (χ2n) is 4.19. The molecule has 0 saturated heterocycles. The average Bonchev–Trinajstić information content (AvgIpc) is 2.18. The topological polar surface area (TPSA) is 64.3 Å². The Morgan fingerprint density at radius 1 is 1.53 bits per heavy atom. The Labute approximate surface area is 91.5 Å². The van der Waals surface area contributed by atoms with Crippen molar-refractivity contribution in [2.45, 2.75) is 44.6 Å². The van der Waals surface area contributed by atoms with Crippen LogP contribution in [0.3, 0.4) is 0 Å². The van der Waals surface area contributed by atoms with E-state index in [4.69, 9.17) is 10.5 Å². The molecule has 0 aromatic rings. The Bertz CT molecular complexity index is 197. The van der Waals surface area contributed by atoms with Crippen molar-refractivity contribution in [2.75, 3.05) is 19.8 Å². The summed E-state index contributed by atoms with van der Waals surface area (Å²) >= 11 is 0. The van der Waals surface area contributed by atoms with Gasteiger partial charge in [-0.05, 0) is 32.6 Å². The molecule has 0 radical (unpaired) electrons. The summed E-state index contributed by atoms with van der Waals surface area (Å²) in [5, 5.41) is 3.04. The SMILES string of the molecule is CCOCCCC(=O)NC1(CN)CCC1. The fourth-order valence-electron chi connectivity index (χ4n) is 1.82. The Morgan fingerprint density at radius 3 is 2.73 bits per heavy atom. The molecule has 88 valence electrons. The third-order valence-corrected chi connectivity index (χ3v) is 3.00. The van der Waals surface area contributed by atoms with Crippen molar-refractivity contribution in [2.24, 2.45) is 5.73 Å². The van der Waals surface area contributed by atoms with Gasteiger partial charge in [-0.25, -0.2) is 0 Å². The van der Waals surface area contributed by atoms with Gasteiger partial charge in [0.2, 0.25) is 5.91 Å². The lowest BCUT2D eigenvalue weighted by atomic mass is 9.76. The molecule has 0 heterocycles. The predicted molar refractivity (Wildman–Crippen MR) is 59.5 cm³/mol. The first-order valence-electron chi connectivity index (χ1n) is 5.81. The van der Waals surface area contributed by atoms with Gasteiger partial charge in [0.25, 0.3) is 0 Å². The van der Waals surface area contributed by atoms with Gasteiger partial charge < -0.3 is 15.8 Å². The first kappa shape index (κ1) is 12.5. The number of rotatable bonds is 7. The largest absolute Gasteiger partial charge is 0.382 e. The molecular formula is C11H22N2O2. The molecule has 3 N–H and O–H groups in total. The molecule has 4 nitrogen and oxygen atoms in total. The molecular weight excluding hydrogens is 192 g/mol. The molecule has 0 unspecified atom stereocenters. The molecule has 1 amide bonds. The molecule has 1 aliphatic rings. The lowest BCUT2D eigenvalue weighted by Crippen LogP contribution is -2.58. The van der Waals surface area contributed by atoms with Crippen molar-refractivity contribution in [1.82, 2.24) is 5.32 Å². The fraction of sp³-hybridized carbons (Fsp3) is 0.909. The molecule has 0 aromatic heterocycles. The molecule has 0 spiro atoms. The normalized spacial score (nSPS) is 18.3. The average molecular weight is 214 g/mol. The Hall–Kier alpha value is -0.610. The van der Waals surface area contributed by atoms with Gasteiger partial charge in [0.05, 0.1) is 5.54 Å². The smallest absolute Gasteiger partial charge is 0.220 e. The van der Waals surface area contributed by atoms with Crippen LogP contribution in [0.25, 0.3) is 0 Å². The van der Waals surface area contributed by atoms with Crippen LogP contribution in [0.4, 0.5) is 0 Å². The zero-order valence-corrected chi connectivity index (χ0v) is 9.55. The van der Waals surface area contributed by atoms with Crippen LogP contribution in [0.2, 0.25) is 0 Å². The van der Waals surface area contributed by atoms with Gasteiger partial charge in [0.15, 0.2) is 0 Å². The van der Waals surface area contributed by atoms with Crippen molar-refractivity contribution < 1.29 is 9.53 Å². The van der Waals surface area contributed by atoms with E-state index in [-0.39, 0.29) is 11.4 Å².